The Hall–Kier alpha value is -1.96. The number of hydrogen-bond acceptors (Lipinski definition) is 5. The van der Waals surface area contributed by atoms with Gasteiger partial charge in [-0.05, 0) is 19.3 Å². The predicted molar refractivity (Wildman–Crippen MR) is 65.4 cm³/mol. The van der Waals surface area contributed by atoms with Gasteiger partial charge in [-0.3, -0.25) is 14.3 Å². The van der Waals surface area contributed by atoms with Crippen molar-refractivity contribution in [1.29, 1.82) is 0 Å². The van der Waals surface area contributed by atoms with Crippen LogP contribution in [-0.4, -0.2) is 44.1 Å². The Morgan fingerprint density at radius 1 is 1.53 bits per heavy atom. The maximum Gasteiger partial charge on any atom is 0.305 e. The molecule has 1 fully saturated rings. The van der Waals surface area contributed by atoms with E-state index in [1.807, 2.05) is 0 Å². The van der Waals surface area contributed by atoms with Crippen LogP contribution in [0.2, 0.25) is 0 Å². The van der Waals surface area contributed by atoms with Crippen molar-refractivity contribution in [2.24, 2.45) is 5.73 Å². The van der Waals surface area contributed by atoms with Crippen molar-refractivity contribution < 1.29 is 14.7 Å². The number of nitrogens with one attached hydrogen (secondary N) is 1. The van der Waals surface area contributed by atoms with Gasteiger partial charge in [0.2, 0.25) is 0 Å². The summed E-state index contributed by atoms with van der Waals surface area (Å²) in [7, 11) is 0. The molecule has 1 aromatic heterocycles. The van der Waals surface area contributed by atoms with E-state index in [0.29, 0.717) is 25.9 Å². The molecule has 0 bridgehead atoms. The molecule has 1 aliphatic rings. The van der Waals surface area contributed by atoms with E-state index in [1.54, 1.807) is 0 Å². The minimum absolute atomic E-state index is 0.0598. The summed E-state index contributed by atoms with van der Waals surface area (Å²) in [5.41, 5.74) is 4.94. The first kappa shape index (κ1) is 13.5. The van der Waals surface area contributed by atoms with E-state index in [-0.39, 0.29) is 18.0 Å². The Labute approximate surface area is 110 Å². The number of amides is 1. The van der Waals surface area contributed by atoms with Gasteiger partial charge in [0, 0.05) is 6.54 Å². The number of nitrogens with zero attached hydrogens (tertiary/aromatic N) is 3. The van der Waals surface area contributed by atoms with Crippen LogP contribution in [0.3, 0.4) is 0 Å². The summed E-state index contributed by atoms with van der Waals surface area (Å²) in [6.07, 6.45) is 3.74. The van der Waals surface area contributed by atoms with Crippen LogP contribution in [0.25, 0.3) is 0 Å². The standard InChI is InChI=1S/C11H17N5O3/c12-4-5-16-7-8(14-15-16)10(19)13-11(2-1-3-11)6-9(17)18/h7H,1-6,12H2,(H,13,19)(H,17,18). The lowest BCUT2D eigenvalue weighted by Gasteiger charge is -2.41. The molecule has 2 rings (SSSR count). The van der Waals surface area contributed by atoms with E-state index in [1.165, 1.54) is 10.9 Å². The molecule has 0 aliphatic heterocycles. The Morgan fingerprint density at radius 2 is 2.26 bits per heavy atom. The van der Waals surface area contributed by atoms with Crippen LogP contribution >= 0.6 is 0 Å². The Kier molecular flexibility index (Phi) is 3.79. The molecule has 4 N–H and O–H groups in total. The third-order valence-corrected chi connectivity index (χ3v) is 3.31. The molecule has 1 aromatic rings. The molecule has 0 radical (unpaired) electrons. The average molecular weight is 267 g/mol. The quantitative estimate of drug-likeness (QED) is 0.630. The normalized spacial score (nSPS) is 16.7. The Bertz CT molecular complexity index is 480. The maximum atomic E-state index is 12.0. The fourth-order valence-corrected chi connectivity index (χ4v) is 2.19. The van der Waals surface area contributed by atoms with E-state index in [9.17, 15) is 9.59 Å². The molecule has 1 saturated carbocycles. The number of carboxylic acids is 1. The average Bonchev–Trinajstić information content (AvgIpc) is 2.74. The van der Waals surface area contributed by atoms with E-state index < -0.39 is 11.5 Å². The number of aromatic nitrogens is 3. The zero-order chi connectivity index (χ0) is 13.9. The van der Waals surface area contributed by atoms with Crippen molar-refractivity contribution in [2.45, 2.75) is 37.8 Å². The maximum absolute atomic E-state index is 12.0. The van der Waals surface area contributed by atoms with Crippen LogP contribution in [0.4, 0.5) is 0 Å². The van der Waals surface area contributed by atoms with Crippen molar-refractivity contribution in [2.75, 3.05) is 6.54 Å². The van der Waals surface area contributed by atoms with Gasteiger partial charge in [-0.1, -0.05) is 5.21 Å². The first-order chi connectivity index (χ1) is 9.04. The highest BCUT2D eigenvalue weighted by molar-refractivity contribution is 5.92. The van der Waals surface area contributed by atoms with Crippen LogP contribution in [0.1, 0.15) is 36.2 Å². The molecule has 1 aliphatic carbocycles. The van der Waals surface area contributed by atoms with Crippen molar-refractivity contribution in [1.82, 2.24) is 20.3 Å². The number of carbonyl (C=O) groups excluding carboxylic acids is 1. The van der Waals surface area contributed by atoms with Crippen molar-refractivity contribution in [3.63, 3.8) is 0 Å². The van der Waals surface area contributed by atoms with E-state index >= 15 is 0 Å². The van der Waals surface area contributed by atoms with Gasteiger partial charge in [-0.2, -0.15) is 0 Å². The van der Waals surface area contributed by atoms with Gasteiger partial charge in [0.15, 0.2) is 5.69 Å². The summed E-state index contributed by atoms with van der Waals surface area (Å²) >= 11 is 0. The van der Waals surface area contributed by atoms with Crippen LogP contribution in [0, 0.1) is 0 Å². The summed E-state index contributed by atoms with van der Waals surface area (Å²) in [4.78, 5) is 22.8. The first-order valence-corrected chi connectivity index (χ1v) is 6.19. The van der Waals surface area contributed by atoms with Gasteiger partial charge in [0.1, 0.15) is 0 Å². The van der Waals surface area contributed by atoms with Crippen LogP contribution in [0.15, 0.2) is 6.20 Å². The molecule has 1 heterocycles. The fraction of sp³-hybridized carbons (Fsp3) is 0.636. The molecule has 0 aromatic carbocycles. The molecule has 1 amide bonds. The Balaban J connectivity index is 2.00. The van der Waals surface area contributed by atoms with Crippen LogP contribution < -0.4 is 11.1 Å². The van der Waals surface area contributed by atoms with Gasteiger partial charge in [0.05, 0.1) is 24.7 Å². The summed E-state index contributed by atoms with van der Waals surface area (Å²) < 4.78 is 1.49. The highest BCUT2D eigenvalue weighted by atomic mass is 16.4. The lowest BCUT2D eigenvalue weighted by atomic mass is 9.74. The first-order valence-electron chi connectivity index (χ1n) is 6.19. The molecular formula is C11H17N5O3. The van der Waals surface area contributed by atoms with Gasteiger partial charge < -0.3 is 16.2 Å². The predicted octanol–water partition coefficient (Wildman–Crippen LogP) is -0.636. The van der Waals surface area contributed by atoms with Crippen molar-refractivity contribution in [3.8, 4) is 0 Å². The smallest absolute Gasteiger partial charge is 0.305 e. The van der Waals surface area contributed by atoms with E-state index in [0.717, 1.165) is 6.42 Å². The second-order valence-corrected chi connectivity index (χ2v) is 4.81. The minimum Gasteiger partial charge on any atom is -0.481 e. The zero-order valence-corrected chi connectivity index (χ0v) is 10.5. The summed E-state index contributed by atoms with van der Waals surface area (Å²) in [5, 5.41) is 19.2. The zero-order valence-electron chi connectivity index (χ0n) is 10.5. The molecule has 0 atom stereocenters. The molecule has 19 heavy (non-hydrogen) atoms. The Morgan fingerprint density at radius 3 is 2.79 bits per heavy atom. The lowest BCUT2D eigenvalue weighted by molar-refractivity contribution is -0.139. The number of carbonyl (C=O) groups is 2. The second kappa shape index (κ2) is 5.35. The monoisotopic (exact) mass is 267 g/mol. The molecule has 0 spiro atoms. The molecular weight excluding hydrogens is 250 g/mol. The topological polar surface area (TPSA) is 123 Å². The summed E-state index contributed by atoms with van der Waals surface area (Å²) in [5.74, 6) is -1.30. The number of nitrogens with two attached hydrogens (primary N) is 1. The van der Waals surface area contributed by atoms with Gasteiger partial charge in [0.25, 0.3) is 5.91 Å². The van der Waals surface area contributed by atoms with Crippen molar-refractivity contribution in [3.05, 3.63) is 11.9 Å². The number of aliphatic carboxylic acids is 1. The highest BCUT2D eigenvalue weighted by Crippen LogP contribution is 2.35. The third-order valence-electron chi connectivity index (χ3n) is 3.31. The second-order valence-electron chi connectivity index (χ2n) is 4.81. The summed E-state index contributed by atoms with van der Waals surface area (Å²) in [6.45, 7) is 0.897. The van der Waals surface area contributed by atoms with Gasteiger partial charge in [-0.25, -0.2) is 0 Å². The van der Waals surface area contributed by atoms with Crippen molar-refractivity contribution >= 4 is 11.9 Å². The van der Waals surface area contributed by atoms with E-state index in [2.05, 4.69) is 15.6 Å². The van der Waals surface area contributed by atoms with E-state index in [4.69, 9.17) is 10.8 Å². The third kappa shape index (κ3) is 3.08. The summed E-state index contributed by atoms with van der Waals surface area (Å²) in [6, 6.07) is 0. The number of hydrogen-bond donors (Lipinski definition) is 3. The molecule has 0 unspecified atom stereocenters. The van der Waals surface area contributed by atoms with Gasteiger partial charge >= 0.3 is 5.97 Å². The highest BCUT2D eigenvalue weighted by Gasteiger charge is 2.40. The lowest BCUT2D eigenvalue weighted by Crippen LogP contribution is -2.54. The van der Waals surface area contributed by atoms with Gasteiger partial charge in [-0.15, -0.1) is 5.10 Å². The fourth-order valence-electron chi connectivity index (χ4n) is 2.19. The number of rotatable bonds is 6. The van der Waals surface area contributed by atoms with Crippen LogP contribution in [-0.2, 0) is 11.3 Å². The van der Waals surface area contributed by atoms with Crippen LogP contribution in [0.5, 0.6) is 0 Å². The molecule has 8 nitrogen and oxygen atoms in total. The molecule has 0 saturated heterocycles. The minimum atomic E-state index is -0.910. The SMILES string of the molecule is NCCn1cc(C(=O)NC2(CC(=O)O)CCC2)nn1. The molecule has 104 valence electrons. The largest absolute Gasteiger partial charge is 0.481 e. The molecule has 8 heteroatoms. The number of carboxylic acid groups (broad SMARTS) is 1.